The van der Waals surface area contributed by atoms with Crippen LogP contribution in [0.15, 0.2) is 35.1 Å². The highest BCUT2D eigenvalue weighted by molar-refractivity contribution is 5.45. The van der Waals surface area contributed by atoms with Gasteiger partial charge in [0, 0.05) is 18.7 Å². The molecule has 0 aliphatic rings. The molecular formula is C12H16N4O. The lowest BCUT2D eigenvalue weighted by Crippen LogP contribution is -2.25. The Hall–Kier alpha value is -1.88. The summed E-state index contributed by atoms with van der Waals surface area (Å²) in [6, 6.07) is 5.72. The molecule has 0 unspecified atom stereocenters. The zero-order chi connectivity index (χ0) is 12.1. The summed E-state index contributed by atoms with van der Waals surface area (Å²) >= 11 is 0. The van der Waals surface area contributed by atoms with Gasteiger partial charge in [0.25, 0.3) is 0 Å². The van der Waals surface area contributed by atoms with E-state index in [1.165, 1.54) is 0 Å². The normalized spacial score (nSPS) is 10.5. The first-order chi connectivity index (χ1) is 8.35. The van der Waals surface area contributed by atoms with Crippen LogP contribution in [0.5, 0.6) is 0 Å². The Labute approximate surface area is 100 Å². The van der Waals surface area contributed by atoms with Crippen molar-refractivity contribution in [3.8, 4) is 0 Å². The van der Waals surface area contributed by atoms with Crippen molar-refractivity contribution in [3.05, 3.63) is 42.0 Å². The van der Waals surface area contributed by atoms with Gasteiger partial charge in [0.2, 0.25) is 0 Å². The largest absolute Gasteiger partial charge is 0.467 e. The molecule has 0 bridgehead atoms. The fourth-order valence-corrected chi connectivity index (χ4v) is 1.70. The Kier molecular flexibility index (Phi) is 3.72. The Bertz CT molecular complexity index is 455. The first-order valence-electron chi connectivity index (χ1n) is 5.63. The number of hydrogen-bond donors (Lipinski definition) is 1. The molecule has 0 saturated carbocycles. The van der Waals surface area contributed by atoms with Crippen LogP contribution in [-0.4, -0.2) is 16.7 Å². The van der Waals surface area contributed by atoms with Crippen LogP contribution < -0.4 is 10.6 Å². The molecule has 0 fully saturated rings. The Balaban J connectivity index is 2.22. The van der Waals surface area contributed by atoms with E-state index in [-0.39, 0.29) is 0 Å². The molecule has 17 heavy (non-hydrogen) atoms. The van der Waals surface area contributed by atoms with E-state index in [1.807, 2.05) is 18.2 Å². The van der Waals surface area contributed by atoms with Crippen molar-refractivity contribution in [2.75, 3.05) is 11.4 Å². The van der Waals surface area contributed by atoms with Crippen LogP contribution in [0.4, 0.5) is 5.82 Å². The summed E-state index contributed by atoms with van der Waals surface area (Å²) in [6.07, 6.45) is 3.33. The molecule has 0 atom stereocenters. The maximum atomic E-state index is 5.70. The molecule has 0 aliphatic heterocycles. The van der Waals surface area contributed by atoms with E-state index in [1.54, 1.807) is 12.5 Å². The quantitative estimate of drug-likeness (QED) is 0.847. The van der Waals surface area contributed by atoms with Gasteiger partial charge in [-0.25, -0.2) is 0 Å². The number of nitrogens with zero attached hydrogens (tertiary/aromatic N) is 3. The third-order valence-corrected chi connectivity index (χ3v) is 2.61. The molecule has 0 radical (unpaired) electrons. The van der Waals surface area contributed by atoms with Crippen LogP contribution in [0.1, 0.15) is 18.2 Å². The highest BCUT2D eigenvalue weighted by Gasteiger charge is 2.12. The molecule has 5 nitrogen and oxygen atoms in total. The summed E-state index contributed by atoms with van der Waals surface area (Å²) in [7, 11) is 0. The second kappa shape index (κ2) is 5.45. The molecule has 2 heterocycles. The van der Waals surface area contributed by atoms with Gasteiger partial charge in [0.1, 0.15) is 5.76 Å². The minimum Gasteiger partial charge on any atom is -0.467 e. The van der Waals surface area contributed by atoms with E-state index < -0.39 is 0 Å². The Morgan fingerprint density at radius 3 is 2.94 bits per heavy atom. The first kappa shape index (κ1) is 11.6. The summed E-state index contributed by atoms with van der Waals surface area (Å²) in [6.45, 7) is 4.03. The van der Waals surface area contributed by atoms with Crippen LogP contribution in [-0.2, 0) is 13.1 Å². The van der Waals surface area contributed by atoms with Crippen LogP contribution in [0.25, 0.3) is 0 Å². The van der Waals surface area contributed by atoms with Gasteiger partial charge < -0.3 is 15.1 Å². The molecule has 5 heteroatoms. The van der Waals surface area contributed by atoms with E-state index in [0.29, 0.717) is 13.1 Å². The molecule has 90 valence electrons. The maximum Gasteiger partial charge on any atom is 0.156 e. The first-order valence-corrected chi connectivity index (χ1v) is 5.63. The van der Waals surface area contributed by atoms with Crippen molar-refractivity contribution < 1.29 is 4.42 Å². The zero-order valence-corrected chi connectivity index (χ0v) is 9.84. The van der Waals surface area contributed by atoms with E-state index in [4.69, 9.17) is 10.2 Å². The monoisotopic (exact) mass is 232 g/mol. The van der Waals surface area contributed by atoms with Gasteiger partial charge in [-0.15, -0.1) is 5.10 Å². The lowest BCUT2D eigenvalue weighted by atomic mass is 10.2. The number of anilines is 1. The van der Waals surface area contributed by atoms with Gasteiger partial charge in [-0.2, -0.15) is 5.10 Å². The minimum atomic E-state index is 0.458. The van der Waals surface area contributed by atoms with Gasteiger partial charge in [0.05, 0.1) is 19.0 Å². The summed E-state index contributed by atoms with van der Waals surface area (Å²) in [5.41, 5.74) is 6.69. The lowest BCUT2D eigenvalue weighted by Gasteiger charge is -2.22. The third-order valence-electron chi connectivity index (χ3n) is 2.61. The standard InChI is InChI=1S/C12H16N4O/c1-2-16(9-11-4-3-7-17-11)12-10(8-13)5-6-14-15-12/h3-7H,2,8-9,13H2,1H3. The molecule has 0 aromatic carbocycles. The van der Waals surface area contributed by atoms with Crippen LogP contribution in [0.3, 0.4) is 0 Å². The van der Waals surface area contributed by atoms with Gasteiger partial charge in [-0.05, 0) is 25.1 Å². The van der Waals surface area contributed by atoms with Crippen molar-refractivity contribution in [2.24, 2.45) is 5.73 Å². The van der Waals surface area contributed by atoms with Gasteiger partial charge in [-0.3, -0.25) is 0 Å². The average molecular weight is 232 g/mol. The number of hydrogen-bond acceptors (Lipinski definition) is 5. The van der Waals surface area contributed by atoms with Gasteiger partial charge in [-0.1, -0.05) is 0 Å². The summed E-state index contributed by atoms with van der Waals surface area (Å²) in [5, 5.41) is 8.07. The predicted octanol–water partition coefficient (Wildman–Crippen LogP) is 1.55. The molecule has 2 aromatic heterocycles. The Morgan fingerprint density at radius 2 is 2.29 bits per heavy atom. The third kappa shape index (κ3) is 2.62. The number of furan rings is 1. The molecule has 0 spiro atoms. The lowest BCUT2D eigenvalue weighted by molar-refractivity contribution is 0.502. The van der Waals surface area contributed by atoms with Gasteiger partial charge >= 0.3 is 0 Å². The summed E-state index contributed by atoms with van der Waals surface area (Å²) in [5.74, 6) is 1.73. The molecule has 0 saturated heterocycles. The molecular weight excluding hydrogens is 216 g/mol. The average Bonchev–Trinajstić information content (AvgIpc) is 2.89. The highest BCUT2D eigenvalue weighted by Crippen LogP contribution is 2.18. The number of rotatable bonds is 5. The topological polar surface area (TPSA) is 68.2 Å². The zero-order valence-electron chi connectivity index (χ0n) is 9.84. The second-order valence-corrected chi connectivity index (χ2v) is 3.68. The minimum absolute atomic E-state index is 0.458. The molecule has 0 aliphatic carbocycles. The van der Waals surface area contributed by atoms with Crippen LogP contribution in [0, 0.1) is 0 Å². The van der Waals surface area contributed by atoms with Crippen LogP contribution >= 0.6 is 0 Å². The van der Waals surface area contributed by atoms with E-state index in [2.05, 4.69) is 22.0 Å². The SMILES string of the molecule is CCN(Cc1ccco1)c1nnccc1CN. The summed E-state index contributed by atoms with van der Waals surface area (Å²) in [4.78, 5) is 2.09. The van der Waals surface area contributed by atoms with Crippen molar-refractivity contribution in [1.82, 2.24) is 10.2 Å². The number of nitrogens with two attached hydrogens (primary N) is 1. The van der Waals surface area contributed by atoms with Crippen LogP contribution in [0.2, 0.25) is 0 Å². The van der Waals surface area contributed by atoms with Gasteiger partial charge in [0.15, 0.2) is 5.82 Å². The molecule has 2 N–H and O–H groups in total. The molecule has 2 aromatic rings. The van der Waals surface area contributed by atoms with Crippen molar-refractivity contribution in [2.45, 2.75) is 20.0 Å². The van der Waals surface area contributed by atoms with E-state index >= 15 is 0 Å². The second-order valence-electron chi connectivity index (χ2n) is 3.68. The fourth-order valence-electron chi connectivity index (χ4n) is 1.70. The number of aromatic nitrogens is 2. The Morgan fingerprint density at radius 1 is 1.41 bits per heavy atom. The smallest absolute Gasteiger partial charge is 0.156 e. The molecule has 0 amide bonds. The molecule has 2 rings (SSSR count). The van der Waals surface area contributed by atoms with E-state index in [0.717, 1.165) is 23.7 Å². The maximum absolute atomic E-state index is 5.70. The van der Waals surface area contributed by atoms with E-state index in [9.17, 15) is 0 Å². The van der Waals surface area contributed by atoms with Crippen molar-refractivity contribution >= 4 is 5.82 Å². The predicted molar refractivity (Wildman–Crippen MR) is 65.4 cm³/mol. The fraction of sp³-hybridized carbons (Fsp3) is 0.333. The van der Waals surface area contributed by atoms with Crippen molar-refractivity contribution in [3.63, 3.8) is 0 Å². The van der Waals surface area contributed by atoms with Crippen molar-refractivity contribution in [1.29, 1.82) is 0 Å². The summed E-state index contributed by atoms with van der Waals surface area (Å²) < 4.78 is 5.34. The highest BCUT2D eigenvalue weighted by atomic mass is 16.3.